The Balaban J connectivity index is 1.47. The van der Waals surface area contributed by atoms with Crippen molar-refractivity contribution in [1.82, 2.24) is 15.5 Å². The smallest absolute Gasteiger partial charge is 0.315 e. The highest BCUT2D eigenvalue weighted by molar-refractivity contribution is 5.84. The lowest BCUT2D eigenvalue weighted by atomic mass is 10.0. The van der Waals surface area contributed by atoms with Crippen LogP contribution in [0.2, 0.25) is 0 Å². The van der Waals surface area contributed by atoms with Crippen LogP contribution in [-0.2, 0) is 16.1 Å². The van der Waals surface area contributed by atoms with Crippen LogP contribution in [0.25, 0.3) is 0 Å². The maximum atomic E-state index is 12.2. The zero-order chi connectivity index (χ0) is 20.1. The van der Waals surface area contributed by atoms with Crippen LogP contribution in [0.15, 0.2) is 18.2 Å². The predicted molar refractivity (Wildman–Crippen MR) is 106 cm³/mol. The minimum Gasteiger partial charge on any atom is -0.371 e. The number of amides is 3. The molecule has 0 spiro atoms. The molecular weight excluding hydrogens is 360 g/mol. The molecule has 28 heavy (non-hydrogen) atoms. The number of carbonyl (C=O) groups is 2. The van der Waals surface area contributed by atoms with Gasteiger partial charge in [-0.25, -0.2) is 4.79 Å². The maximum Gasteiger partial charge on any atom is 0.315 e. The summed E-state index contributed by atoms with van der Waals surface area (Å²) in [7, 11) is 1.81. The lowest BCUT2D eigenvalue weighted by molar-refractivity contribution is -0.130. The highest BCUT2D eigenvalue weighted by atomic mass is 16.5. The quantitative estimate of drug-likeness (QED) is 0.613. The van der Waals surface area contributed by atoms with E-state index >= 15 is 0 Å². The predicted octanol–water partition coefficient (Wildman–Crippen LogP) is 1.71. The van der Waals surface area contributed by atoms with Crippen LogP contribution >= 0.6 is 0 Å². The molecule has 0 aromatic heterocycles. The second-order valence-electron chi connectivity index (χ2n) is 7.54. The van der Waals surface area contributed by atoms with E-state index in [1.807, 2.05) is 32.2 Å². The number of hydrogen-bond acceptors (Lipinski definition) is 5. The van der Waals surface area contributed by atoms with Crippen molar-refractivity contribution in [2.45, 2.75) is 57.5 Å². The SMILES string of the molecule is C[C@@H]1OC[C@@H](O)Nc2ccc(CNC(=O)NCC(=O)N(C)C3CCCC3)cc21. The van der Waals surface area contributed by atoms with Gasteiger partial charge in [-0.15, -0.1) is 0 Å². The second-order valence-corrected chi connectivity index (χ2v) is 7.54. The van der Waals surface area contributed by atoms with Crippen LogP contribution in [-0.4, -0.2) is 54.4 Å². The highest BCUT2D eigenvalue weighted by Gasteiger charge is 2.23. The van der Waals surface area contributed by atoms with Crippen LogP contribution < -0.4 is 16.0 Å². The van der Waals surface area contributed by atoms with Gasteiger partial charge in [0.05, 0.1) is 19.3 Å². The number of benzene rings is 1. The first-order valence-electron chi connectivity index (χ1n) is 9.90. The number of urea groups is 1. The van der Waals surface area contributed by atoms with E-state index in [-0.39, 0.29) is 31.2 Å². The number of likely N-dealkylation sites (N-methyl/N-ethyl adjacent to an activating group) is 1. The fraction of sp³-hybridized carbons (Fsp3) is 0.600. The van der Waals surface area contributed by atoms with Crippen molar-refractivity contribution in [1.29, 1.82) is 0 Å². The zero-order valence-corrected chi connectivity index (χ0v) is 16.5. The first kappa shape index (κ1) is 20.4. The van der Waals surface area contributed by atoms with E-state index in [2.05, 4.69) is 16.0 Å². The third kappa shape index (κ3) is 5.14. The Morgan fingerprint density at radius 3 is 2.79 bits per heavy atom. The summed E-state index contributed by atoms with van der Waals surface area (Å²) in [5.41, 5.74) is 2.67. The number of fused-ring (bicyclic) bond motifs is 1. The molecule has 8 nitrogen and oxygen atoms in total. The third-order valence-electron chi connectivity index (χ3n) is 5.50. The molecule has 1 saturated carbocycles. The number of anilines is 1. The molecule has 1 aliphatic heterocycles. The van der Waals surface area contributed by atoms with Crippen LogP contribution in [0.3, 0.4) is 0 Å². The Morgan fingerprint density at radius 2 is 2.04 bits per heavy atom. The van der Waals surface area contributed by atoms with Crippen molar-refractivity contribution >= 4 is 17.6 Å². The molecular formula is C20H30N4O4. The van der Waals surface area contributed by atoms with E-state index in [1.165, 1.54) is 0 Å². The fourth-order valence-corrected chi connectivity index (χ4v) is 3.76. The van der Waals surface area contributed by atoms with Gasteiger partial charge in [0, 0.05) is 30.9 Å². The van der Waals surface area contributed by atoms with E-state index in [0.717, 1.165) is 42.5 Å². The highest BCUT2D eigenvalue weighted by Crippen LogP contribution is 2.29. The zero-order valence-electron chi connectivity index (χ0n) is 16.5. The molecule has 2 aliphatic rings. The van der Waals surface area contributed by atoms with E-state index < -0.39 is 6.23 Å². The average Bonchev–Trinajstić information content (AvgIpc) is 3.19. The molecule has 1 heterocycles. The Kier molecular flexibility index (Phi) is 6.74. The molecule has 3 rings (SSSR count). The Labute approximate surface area is 165 Å². The molecule has 0 saturated heterocycles. The van der Waals surface area contributed by atoms with Gasteiger partial charge in [-0.3, -0.25) is 4.79 Å². The van der Waals surface area contributed by atoms with Crippen molar-refractivity contribution in [3.63, 3.8) is 0 Å². The van der Waals surface area contributed by atoms with Gasteiger partial charge < -0.3 is 30.7 Å². The lowest BCUT2D eigenvalue weighted by Crippen LogP contribution is -2.45. The molecule has 3 amide bonds. The van der Waals surface area contributed by atoms with Gasteiger partial charge >= 0.3 is 6.03 Å². The first-order valence-corrected chi connectivity index (χ1v) is 9.90. The number of aliphatic hydroxyl groups is 1. The lowest BCUT2D eigenvalue weighted by Gasteiger charge is -2.24. The summed E-state index contributed by atoms with van der Waals surface area (Å²) >= 11 is 0. The molecule has 8 heteroatoms. The van der Waals surface area contributed by atoms with Crippen molar-refractivity contribution in [3.05, 3.63) is 29.3 Å². The third-order valence-corrected chi connectivity index (χ3v) is 5.50. The monoisotopic (exact) mass is 390 g/mol. The minimum atomic E-state index is -0.738. The number of nitrogens with zero attached hydrogens (tertiary/aromatic N) is 1. The molecule has 0 radical (unpaired) electrons. The summed E-state index contributed by atoms with van der Waals surface area (Å²) in [6.07, 6.45) is 3.52. The number of carbonyl (C=O) groups excluding carboxylic acids is 2. The van der Waals surface area contributed by atoms with Crippen LogP contribution in [0.5, 0.6) is 0 Å². The fourth-order valence-electron chi connectivity index (χ4n) is 3.76. The molecule has 0 bridgehead atoms. The van der Waals surface area contributed by atoms with Gasteiger partial charge in [0.15, 0.2) is 0 Å². The molecule has 0 unspecified atom stereocenters. The van der Waals surface area contributed by atoms with Gasteiger partial charge in [0.1, 0.15) is 6.23 Å². The first-order chi connectivity index (χ1) is 13.4. The van der Waals surface area contributed by atoms with Crippen LogP contribution in [0.4, 0.5) is 10.5 Å². The summed E-state index contributed by atoms with van der Waals surface area (Å²) < 4.78 is 5.60. The van der Waals surface area contributed by atoms with Gasteiger partial charge in [-0.05, 0) is 37.5 Å². The second kappa shape index (κ2) is 9.25. The summed E-state index contributed by atoms with van der Waals surface area (Å²) in [4.78, 5) is 26.0. The summed E-state index contributed by atoms with van der Waals surface area (Å²) in [6, 6.07) is 5.63. The van der Waals surface area contributed by atoms with Crippen molar-refractivity contribution in [3.8, 4) is 0 Å². The van der Waals surface area contributed by atoms with Crippen molar-refractivity contribution in [2.75, 3.05) is 25.5 Å². The molecule has 4 N–H and O–H groups in total. The van der Waals surface area contributed by atoms with Crippen LogP contribution in [0, 0.1) is 0 Å². The van der Waals surface area contributed by atoms with Gasteiger partial charge in [0.2, 0.25) is 5.91 Å². The van der Waals surface area contributed by atoms with E-state index in [4.69, 9.17) is 4.74 Å². The number of hydrogen-bond donors (Lipinski definition) is 4. The molecule has 154 valence electrons. The molecule has 2 atom stereocenters. The molecule has 1 aliphatic carbocycles. The van der Waals surface area contributed by atoms with Gasteiger partial charge in [-0.2, -0.15) is 0 Å². The topological polar surface area (TPSA) is 103 Å². The number of rotatable bonds is 5. The molecule has 1 fully saturated rings. The van der Waals surface area contributed by atoms with Crippen molar-refractivity contribution in [2.24, 2.45) is 0 Å². The Bertz CT molecular complexity index is 705. The summed E-state index contributed by atoms with van der Waals surface area (Å²) in [5.74, 6) is -0.0670. The summed E-state index contributed by atoms with van der Waals surface area (Å²) in [6.45, 7) is 2.47. The maximum absolute atomic E-state index is 12.2. The van der Waals surface area contributed by atoms with Crippen LogP contribution in [0.1, 0.15) is 49.8 Å². The Morgan fingerprint density at radius 1 is 1.29 bits per heavy atom. The molecule has 1 aromatic rings. The Hall–Kier alpha value is -2.32. The largest absolute Gasteiger partial charge is 0.371 e. The number of nitrogens with one attached hydrogen (secondary N) is 3. The number of aliphatic hydroxyl groups excluding tert-OH is 1. The minimum absolute atomic E-state index is 0.00426. The number of ether oxygens (including phenoxy) is 1. The normalized spacial score (nSPS) is 22.0. The molecule has 1 aromatic carbocycles. The summed E-state index contributed by atoms with van der Waals surface area (Å²) in [5, 5.41) is 18.2. The van der Waals surface area contributed by atoms with Gasteiger partial charge in [0.25, 0.3) is 0 Å². The van der Waals surface area contributed by atoms with Crippen molar-refractivity contribution < 1.29 is 19.4 Å². The average molecular weight is 390 g/mol. The van der Waals surface area contributed by atoms with Gasteiger partial charge in [-0.1, -0.05) is 18.9 Å². The van der Waals surface area contributed by atoms with E-state index in [0.29, 0.717) is 12.6 Å². The van der Waals surface area contributed by atoms with E-state index in [9.17, 15) is 14.7 Å². The standard InChI is InChI=1S/C20H30N4O4/c1-13-16-9-14(7-8-17(16)23-18(25)12-28-13)10-21-20(27)22-11-19(26)24(2)15-5-3-4-6-15/h7-9,13,15,18,23,25H,3-6,10-12H2,1-2H3,(H2,21,22,27)/t13-,18+/m0/s1. The van der Waals surface area contributed by atoms with E-state index in [1.54, 1.807) is 4.90 Å².